The summed E-state index contributed by atoms with van der Waals surface area (Å²) >= 11 is 0. The molecule has 3 rings (SSSR count). The van der Waals surface area contributed by atoms with Crippen molar-refractivity contribution >= 4 is 11.4 Å². The third kappa shape index (κ3) is 4.53. The monoisotopic (exact) mass is 312 g/mol. The maximum atomic E-state index is 12.5. The van der Waals surface area contributed by atoms with Crippen LogP contribution in [-0.4, -0.2) is 5.78 Å². The molecule has 0 amide bonds. The zero-order valence-electron chi connectivity index (χ0n) is 13.6. The molecule has 0 heterocycles. The fourth-order valence-corrected chi connectivity index (χ4v) is 2.75. The Kier molecular flexibility index (Phi) is 5.36. The van der Waals surface area contributed by atoms with Gasteiger partial charge in [0.25, 0.3) is 0 Å². The van der Waals surface area contributed by atoms with Crippen molar-refractivity contribution in [2.45, 2.75) is 12.8 Å². The van der Waals surface area contributed by atoms with Crippen LogP contribution in [-0.2, 0) is 17.6 Å². The van der Waals surface area contributed by atoms with E-state index in [1.54, 1.807) is 6.08 Å². The highest BCUT2D eigenvalue weighted by molar-refractivity contribution is 5.98. The lowest BCUT2D eigenvalue weighted by Gasteiger charge is -2.08. The van der Waals surface area contributed by atoms with E-state index in [-0.39, 0.29) is 5.78 Å². The maximum Gasteiger partial charge on any atom is 0.160 e. The first-order valence-corrected chi connectivity index (χ1v) is 8.18. The normalized spacial score (nSPS) is 11.2. The summed E-state index contributed by atoms with van der Waals surface area (Å²) in [6.45, 7) is 0. The molecule has 3 aromatic rings. The molecule has 0 aliphatic carbocycles. The lowest BCUT2D eigenvalue weighted by molar-refractivity contribution is -0.113. The van der Waals surface area contributed by atoms with Crippen LogP contribution in [0.15, 0.2) is 97.1 Å². The van der Waals surface area contributed by atoms with Gasteiger partial charge in [0.1, 0.15) is 0 Å². The van der Waals surface area contributed by atoms with Gasteiger partial charge in [0.2, 0.25) is 0 Å². The standard InChI is InChI=1S/C23H20O/c24-23(17-20-12-6-2-7-13-20)18-22(21-14-8-3-9-15-21)16-19-10-4-1-5-11-19/h1-15,18H,16-17H2/b22-18+. The summed E-state index contributed by atoms with van der Waals surface area (Å²) in [5.74, 6) is 0.135. The van der Waals surface area contributed by atoms with Gasteiger partial charge < -0.3 is 0 Å². The Balaban J connectivity index is 1.85. The zero-order chi connectivity index (χ0) is 16.6. The third-order valence-corrected chi connectivity index (χ3v) is 3.94. The van der Waals surface area contributed by atoms with Gasteiger partial charge in [-0.25, -0.2) is 0 Å². The van der Waals surface area contributed by atoms with Crippen LogP contribution in [0.3, 0.4) is 0 Å². The highest BCUT2D eigenvalue weighted by Gasteiger charge is 2.07. The van der Waals surface area contributed by atoms with Gasteiger partial charge in [0, 0.05) is 6.42 Å². The summed E-state index contributed by atoms with van der Waals surface area (Å²) in [4.78, 5) is 12.5. The van der Waals surface area contributed by atoms with Crippen molar-refractivity contribution in [1.29, 1.82) is 0 Å². The highest BCUT2D eigenvalue weighted by atomic mass is 16.1. The van der Waals surface area contributed by atoms with Crippen LogP contribution in [0.25, 0.3) is 5.57 Å². The lowest BCUT2D eigenvalue weighted by Crippen LogP contribution is -2.01. The molecule has 0 aliphatic heterocycles. The van der Waals surface area contributed by atoms with Crippen molar-refractivity contribution in [2.24, 2.45) is 0 Å². The largest absolute Gasteiger partial charge is 0.294 e. The van der Waals surface area contributed by atoms with E-state index in [9.17, 15) is 4.79 Å². The number of benzene rings is 3. The summed E-state index contributed by atoms with van der Waals surface area (Å²) in [7, 11) is 0. The van der Waals surface area contributed by atoms with E-state index < -0.39 is 0 Å². The van der Waals surface area contributed by atoms with Crippen LogP contribution in [0.2, 0.25) is 0 Å². The average Bonchev–Trinajstić information content (AvgIpc) is 2.63. The summed E-state index contributed by atoms with van der Waals surface area (Å²) in [6, 6.07) is 30.3. The molecule has 0 radical (unpaired) electrons. The first-order valence-electron chi connectivity index (χ1n) is 8.18. The van der Waals surface area contributed by atoms with E-state index in [0.717, 1.165) is 23.1 Å². The van der Waals surface area contributed by atoms with Crippen LogP contribution in [0.4, 0.5) is 0 Å². The molecule has 0 spiro atoms. The van der Waals surface area contributed by atoms with Crippen molar-refractivity contribution in [3.05, 3.63) is 114 Å². The van der Waals surface area contributed by atoms with Gasteiger partial charge in [0.15, 0.2) is 5.78 Å². The summed E-state index contributed by atoms with van der Waals surface area (Å²) in [5.41, 5.74) is 4.41. The van der Waals surface area contributed by atoms with Crippen molar-refractivity contribution < 1.29 is 4.79 Å². The molecule has 1 heteroatoms. The first-order chi connectivity index (χ1) is 11.8. The third-order valence-electron chi connectivity index (χ3n) is 3.94. The minimum Gasteiger partial charge on any atom is -0.294 e. The molecule has 0 bridgehead atoms. The SMILES string of the molecule is O=C(/C=C(\Cc1ccccc1)c1ccccc1)Cc1ccccc1. The van der Waals surface area contributed by atoms with E-state index in [0.29, 0.717) is 6.42 Å². The molecule has 0 N–H and O–H groups in total. The average molecular weight is 312 g/mol. The van der Waals surface area contributed by atoms with Crippen LogP contribution < -0.4 is 0 Å². The van der Waals surface area contributed by atoms with Gasteiger partial charge in [-0.15, -0.1) is 0 Å². The summed E-state index contributed by atoms with van der Waals surface area (Å²) < 4.78 is 0. The van der Waals surface area contributed by atoms with Gasteiger partial charge in [0.05, 0.1) is 0 Å². The Morgan fingerprint density at radius 1 is 0.625 bits per heavy atom. The van der Waals surface area contributed by atoms with Crippen LogP contribution in [0.1, 0.15) is 16.7 Å². The predicted molar refractivity (Wildman–Crippen MR) is 99.7 cm³/mol. The van der Waals surface area contributed by atoms with E-state index in [2.05, 4.69) is 24.3 Å². The minimum absolute atomic E-state index is 0.135. The lowest BCUT2D eigenvalue weighted by atomic mass is 9.96. The summed E-state index contributed by atoms with van der Waals surface area (Å²) in [6.07, 6.45) is 2.99. The fraction of sp³-hybridized carbons (Fsp3) is 0.0870. The smallest absolute Gasteiger partial charge is 0.160 e. The van der Waals surface area contributed by atoms with Gasteiger partial charge in [-0.3, -0.25) is 4.79 Å². The highest BCUT2D eigenvalue weighted by Crippen LogP contribution is 2.20. The fourth-order valence-electron chi connectivity index (χ4n) is 2.75. The van der Waals surface area contributed by atoms with Gasteiger partial charge in [-0.1, -0.05) is 91.0 Å². The molecule has 24 heavy (non-hydrogen) atoms. The zero-order valence-corrected chi connectivity index (χ0v) is 13.6. The Morgan fingerprint density at radius 3 is 1.62 bits per heavy atom. The molecule has 0 aliphatic rings. The second kappa shape index (κ2) is 8.07. The quantitative estimate of drug-likeness (QED) is 0.577. The number of rotatable bonds is 6. The Hall–Kier alpha value is -2.93. The number of ketones is 1. The van der Waals surface area contributed by atoms with Crippen molar-refractivity contribution in [3.8, 4) is 0 Å². The van der Waals surface area contributed by atoms with Crippen molar-refractivity contribution in [2.75, 3.05) is 0 Å². The Bertz CT molecular complexity index is 802. The molecule has 0 fully saturated rings. The number of carbonyl (C=O) groups is 1. The second-order valence-corrected chi connectivity index (χ2v) is 5.83. The predicted octanol–water partition coefficient (Wildman–Crippen LogP) is 5.12. The molecule has 0 atom stereocenters. The summed E-state index contributed by atoms with van der Waals surface area (Å²) in [5, 5.41) is 0. The number of hydrogen-bond acceptors (Lipinski definition) is 1. The molecule has 3 aromatic carbocycles. The van der Waals surface area contributed by atoms with E-state index in [1.165, 1.54) is 5.56 Å². The van der Waals surface area contributed by atoms with Gasteiger partial charge in [-0.05, 0) is 34.8 Å². The van der Waals surface area contributed by atoms with E-state index in [1.807, 2.05) is 66.7 Å². The number of allylic oxidation sites excluding steroid dienone is 2. The van der Waals surface area contributed by atoms with Crippen LogP contribution in [0, 0.1) is 0 Å². The minimum atomic E-state index is 0.135. The molecular weight excluding hydrogens is 292 g/mol. The van der Waals surface area contributed by atoms with Crippen molar-refractivity contribution in [3.63, 3.8) is 0 Å². The molecule has 0 saturated heterocycles. The number of hydrogen-bond donors (Lipinski definition) is 0. The molecular formula is C23H20O. The molecule has 0 aromatic heterocycles. The Labute approximate surface area is 143 Å². The van der Waals surface area contributed by atoms with Crippen molar-refractivity contribution in [1.82, 2.24) is 0 Å². The van der Waals surface area contributed by atoms with E-state index >= 15 is 0 Å². The molecule has 0 saturated carbocycles. The van der Waals surface area contributed by atoms with Crippen LogP contribution in [0.5, 0.6) is 0 Å². The first kappa shape index (κ1) is 15.9. The Morgan fingerprint density at radius 2 is 1.08 bits per heavy atom. The van der Waals surface area contributed by atoms with E-state index in [4.69, 9.17) is 0 Å². The molecule has 118 valence electrons. The maximum absolute atomic E-state index is 12.5. The second-order valence-electron chi connectivity index (χ2n) is 5.83. The molecule has 0 unspecified atom stereocenters. The van der Waals surface area contributed by atoms with Gasteiger partial charge >= 0.3 is 0 Å². The van der Waals surface area contributed by atoms with Gasteiger partial charge in [-0.2, -0.15) is 0 Å². The topological polar surface area (TPSA) is 17.1 Å². The van der Waals surface area contributed by atoms with Crippen LogP contribution >= 0.6 is 0 Å². The molecule has 1 nitrogen and oxygen atoms in total. The number of carbonyl (C=O) groups excluding carboxylic acids is 1.